The number of aromatic nitrogens is 3. The number of pyridine rings is 1. The third kappa shape index (κ3) is 3.54. The first kappa shape index (κ1) is 18.7. The molecule has 0 unspecified atom stereocenters. The molecule has 0 bridgehead atoms. The second-order valence-electron chi connectivity index (χ2n) is 7.04. The summed E-state index contributed by atoms with van der Waals surface area (Å²) in [5.41, 5.74) is 1.45. The summed E-state index contributed by atoms with van der Waals surface area (Å²) in [7, 11) is 0. The highest BCUT2D eigenvalue weighted by Gasteiger charge is 2.26. The molecule has 3 aromatic rings. The number of para-hydroxylation sites is 1. The average Bonchev–Trinajstić information content (AvgIpc) is 3.22. The molecule has 28 heavy (non-hydrogen) atoms. The van der Waals surface area contributed by atoms with Gasteiger partial charge in [-0.05, 0) is 56.5 Å². The molecule has 6 nitrogen and oxygen atoms in total. The van der Waals surface area contributed by atoms with Crippen LogP contribution < -0.4 is 5.56 Å². The van der Waals surface area contributed by atoms with Crippen molar-refractivity contribution >= 4 is 28.6 Å². The molecular formula is C21H22N4O2S. The molecule has 1 fully saturated rings. The number of rotatable bonds is 4. The molecule has 0 saturated carbocycles. The molecule has 3 heterocycles. The van der Waals surface area contributed by atoms with Gasteiger partial charge in [0.05, 0.1) is 16.2 Å². The quantitative estimate of drug-likeness (QED) is 0.502. The Kier molecular flexibility index (Phi) is 5.17. The topological polar surface area (TPSA) is 68.1 Å². The van der Waals surface area contributed by atoms with Gasteiger partial charge in [-0.25, -0.2) is 14.5 Å². The lowest BCUT2D eigenvalue weighted by molar-refractivity contribution is -0.129. The summed E-state index contributed by atoms with van der Waals surface area (Å²) in [5.74, 6) is 0.611. The number of likely N-dealkylation sites (tertiary alicyclic amines) is 1. The van der Waals surface area contributed by atoms with Crippen molar-refractivity contribution in [2.24, 2.45) is 0 Å². The molecule has 0 N–H and O–H groups in total. The van der Waals surface area contributed by atoms with Crippen molar-refractivity contribution in [1.82, 2.24) is 19.4 Å². The van der Waals surface area contributed by atoms with Crippen LogP contribution in [0.2, 0.25) is 0 Å². The van der Waals surface area contributed by atoms with Crippen LogP contribution in [0.25, 0.3) is 16.7 Å². The Hall–Kier alpha value is -2.67. The molecule has 144 valence electrons. The lowest BCUT2D eigenvalue weighted by Gasteiger charge is -2.21. The molecule has 7 heteroatoms. The molecule has 0 spiro atoms. The molecule has 1 amide bonds. The van der Waals surface area contributed by atoms with E-state index in [1.807, 2.05) is 49.1 Å². The number of benzene rings is 1. The highest BCUT2D eigenvalue weighted by Crippen LogP contribution is 2.26. The number of hydrogen-bond acceptors (Lipinski definition) is 5. The molecule has 0 aliphatic carbocycles. The number of fused-ring (bicyclic) bond motifs is 1. The van der Waals surface area contributed by atoms with E-state index in [4.69, 9.17) is 4.98 Å². The number of nitrogens with zero attached hydrogens (tertiary/aromatic N) is 4. The van der Waals surface area contributed by atoms with Gasteiger partial charge in [-0.1, -0.05) is 23.9 Å². The average molecular weight is 395 g/mol. The molecule has 1 aliphatic rings. The predicted octanol–water partition coefficient (Wildman–Crippen LogP) is 3.19. The number of amides is 1. The fraction of sp³-hybridized carbons (Fsp3) is 0.333. The molecule has 1 saturated heterocycles. The van der Waals surface area contributed by atoms with E-state index in [0.29, 0.717) is 21.9 Å². The van der Waals surface area contributed by atoms with Gasteiger partial charge in [0.1, 0.15) is 5.82 Å². The lowest BCUT2D eigenvalue weighted by Crippen LogP contribution is -2.34. The van der Waals surface area contributed by atoms with Crippen LogP contribution in [0.4, 0.5) is 0 Å². The van der Waals surface area contributed by atoms with Gasteiger partial charge >= 0.3 is 0 Å². The Balaban J connectivity index is 1.80. The SMILES string of the molecule is Cc1ccnc(-n2c(S[C@H](C)C(=O)N3CCCC3)nc3ccccc3c2=O)c1. The fourth-order valence-corrected chi connectivity index (χ4v) is 4.44. The van der Waals surface area contributed by atoms with Gasteiger partial charge in [0, 0.05) is 19.3 Å². The predicted molar refractivity (Wildman–Crippen MR) is 111 cm³/mol. The summed E-state index contributed by atoms with van der Waals surface area (Å²) < 4.78 is 1.52. The maximum Gasteiger partial charge on any atom is 0.267 e. The molecule has 4 rings (SSSR count). The van der Waals surface area contributed by atoms with Gasteiger partial charge in [-0.15, -0.1) is 0 Å². The van der Waals surface area contributed by atoms with Crippen LogP contribution in [0.3, 0.4) is 0 Å². The van der Waals surface area contributed by atoms with Crippen LogP contribution in [-0.2, 0) is 4.79 Å². The van der Waals surface area contributed by atoms with Gasteiger partial charge in [-0.3, -0.25) is 9.59 Å². The number of hydrogen-bond donors (Lipinski definition) is 0. The Morgan fingerprint density at radius 3 is 2.68 bits per heavy atom. The zero-order chi connectivity index (χ0) is 19.7. The van der Waals surface area contributed by atoms with E-state index in [1.165, 1.54) is 16.3 Å². The molecule has 1 atom stereocenters. The summed E-state index contributed by atoms with van der Waals surface area (Å²) in [6.45, 7) is 5.44. The Bertz CT molecular complexity index is 1090. The minimum absolute atomic E-state index is 0.0914. The fourth-order valence-electron chi connectivity index (χ4n) is 3.44. The van der Waals surface area contributed by atoms with E-state index in [0.717, 1.165) is 31.5 Å². The van der Waals surface area contributed by atoms with E-state index in [9.17, 15) is 9.59 Å². The summed E-state index contributed by atoms with van der Waals surface area (Å²) in [6.07, 6.45) is 3.78. The van der Waals surface area contributed by atoms with Crippen molar-refractivity contribution in [3.8, 4) is 5.82 Å². The first-order valence-electron chi connectivity index (χ1n) is 9.45. The van der Waals surface area contributed by atoms with Crippen LogP contribution in [0, 0.1) is 6.92 Å². The van der Waals surface area contributed by atoms with E-state index >= 15 is 0 Å². The van der Waals surface area contributed by atoms with Crippen LogP contribution >= 0.6 is 11.8 Å². The standard InChI is InChI=1S/C21H22N4O2S/c1-14-9-10-22-18(13-14)25-20(27)16-7-3-4-8-17(16)23-21(25)28-15(2)19(26)24-11-5-6-12-24/h3-4,7-10,13,15H,5-6,11-12H2,1-2H3/t15-/m1/s1. The Labute approximate surface area is 167 Å². The van der Waals surface area contributed by atoms with E-state index in [2.05, 4.69) is 4.98 Å². The van der Waals surface area contributed by atoms with E-state index < -0.39 is 0 Å². The van der Waals surface area contributed by atoms with E-state index in [-0.39, 0.29) is 16.7 Å². The summed E-state index contributed by atoms with van der Waals surface area (Å²) in [5, 5.41) is 0.692. The second kappa shape index (κ2) is 7.75. The number of aryl methyl sites for hydroxylation is 1. The van der Waals surface area contributed by atoms with Gasteiger partial charge in [0.2, 0.25) is 5.91 Å². The molecule has 1 aliphatic heterocycles. The zero-order valence-corrected chi connectivity index (χ0v) is 16.8. The molecular weight excluding hydrogens is 372 g/mol. The van der Waals surface area contributed by atoms with Gasteiger partial charge in [0.15, 0.2) is 5.16 Å². The first-order valence-corrected chi connectivity index (χ1v) is 10.3. The van der Waals surface area contributed by atoms with Crippen LogP contribution in [0.5, 0.6) is 0 Å². The van der Waals surface area contributed by atoms with Crippen molar-refractivity contribution < 1.29 is 4.79 Å². The number of carbonyl (C=O) groups excluding carboxylic acids is 1. The van der Waals surface area contributed by atoms with Crippen molar-refractivity contribution in [3.63, 3.8) is 0 Å². The number of thioether (sulfide) groups is 1. The van der Waals surface area contributed by atoms with Crippen molar-refractivity contribution in [2.75, 3.05) is 13.1 Å². The first-order chi connectivity index (χ1) is 13.5. The molecule has 0 radical (unpaired) electrons. The van der Waals surface area contributed by atoms with Crippen molar-refractivity contribution in [3.05, 3.63) is 58.5 Å². The summed E-state index contributed by atoms with van der Waals surface area (Å²) in [6, 6.07) is 11.0. The maximum atomic E-state index is 13.2. The van der Waals surface area contributed by atoms with E-state index in [1.54, 1.807) is 12.3 Å². The van der Waals surface area contributed by atoms with Gasteiger partial charge in [0.25, 0.3) is 5.56 Å². The minimum Gasteiger partial charge on any atom is -0.342 e. The smallest absolute Gasteiger partial charge is 0.267 e. The van der Waals surface area contributed by atoms with Crippen LogP contribution in [-0.4, -0.2) is 43.7 Å². The van der Waals surface area contributed by atoms with Crippen molar-refractivity contribution in [2.45, 2.75) is 37.1 Å². The Morgan fingerprint density at radius 2 is 1.93 bits per heavy atom. The highest BCUT2D eigenvalue weighted by molar-refractivity contribution is 8.00. The normalized spacial score (nSPS) is 15.1. The molecule has 1 aromatic carbocycles. The van der Waals surface area contributed by atoms with Gasteiger partial charge in [-0.2, -0.15) is 0 Å². The number of carbonyl (C=O) groups is 1. The largest absolute Gasteiger partial charge is 0.342 e. The van der Waals surface area contributed by atoms with Crippen LogP contribution in [0.1, 0.15) is 25.3 Å². The minimum atomic E-state index is -0.331. The third-order valence-corrected chi connectivity index (χ3v) is 5.96. The van der Waals surface area contributed by atoms with Crippen LogP contribution in [0.15, 0.2) is 52.5 Å². The maximum absolute atomic E-state index is 13.2. The second-order valence-corrected chi connectivity index (χ2v) is 8.34. The Morgan fingerprint density at radius 1 is 1.18 bits per heavy atom. The lowest BCUT2D eigenvalue weighted by atomic mass is 10.2. The summed E-state index contributed by atoms with van der Waals surface area (Å²) in [4.78, 5) is 37.0. The highest BCUT2D eigenvalue weighted by atomic mass is 32.2. The van der Waals surface area contributed by atoms with Crippen molar-refractivity contribution in [1.29, 1.82) is 0 Å². The summed E-state index contributed by atoms with van der Waals surface area (Å²) >= 11 is 1.32. The van der Waals surface area contributed by atoms with Gasteiger partial charge < -0.3 is 4.90 Å². The third-order valence-electron chi connectivity index (χ3n) is 4.92. The zero-order valence-electron chi connectivity index (χ0n) is 16.0. The molecule has 2 aromatic heterocycles. The monoisotopic (exact) mass is 394 g/mol.